The summed E-state index contributed by atoms with van der Waals surface area (Å²) in [4.78, 5) is 21.7. The second-order valence-electron chi connectivity index (χ2n) is 11.1. The van der Waals surface area contributed by atoms with Gasteiger partial charge in [-0.3, -0.25) is 14.2 Å². The predicted molar refractivity (Wildman–Crippen MR) is 137 cm³/mol. The number of carbonyl (C=O) groups is 1. The van der Waals surface area contributed by atoms with E-state index in [1.165, 1.54) is 0 Å². The molecule has 0 spiro atoms. The number of hydrogen-bond acceptors (Lipinski definition) is 7. The number of halogens is 1. The van der Waals surface area contributed by atoms with Crippen LogP contribution in [0.25, 0.3) is 16.9 Å². The standard InChI is InChI=1S/C26H30FN9O2/c1-13-12-29-35(3)22(13)20-14(2)30-24(36-7-6-28-23(20)36)31-19-8-17(33-34-19)16-4-5-18(21(16)27)38-25(37)32-26-9-15(10-26)11-26/h6-8,12,15-16,18,21H,4-5,9-11H2,1-3H3,(H,32,37)(H2,30,31,33,34)/t15?,16-,18-,21-,26?/m0/s1. The van der Waals surface area contributed by atoms with E-state index in [0.717, 1.165) is 53.3 Å². The molecule has 4 heterocycles. The van der Waals surface area contributed by atoms with Crippen molar-refractivity contribution in [2.45, 2.75) is 69.7 Å². The van der Waals surface area contributed by atoms with E-state index in [-0.39, 0.29) is 5.54 Å². The van der Waals surface area contributed by atoms with Crippen LogP contribution < -0.4 is 10.6 Å². The number of imidazole rings is 1. The number of aromatic nitrogens is 7. The van der Waals surface area contributed by atoms with Crippen LogP contribution in [0.2, 0.25) is 0 Å². The Labute approximate surface area is 218 Å². The number of ether oxygens (including phenoxy) is 1. The molecule has 0 saturated heterocycles. The number of alkyl carbamates (subject to hydrolysis) is 1. The van der Waals surface area contributed by atoms with E-state index in [4.69, 9.17) is 9.72 Å². The topological polar surface area (TPSA) is 127 Å². The molecule has 8 rings (SSSR count). The maximum absolute atomic E-state index is 15.3. The normalized spacial score (nSPS) is 27.7. The van der Waals surface area contributed by atoms with Crippen molar-refractivity contribution in [1.29, 1.82) is 0 Å². The quantitative estimate of drug-likeness (QED) is 0.350. The van der Waals surface area contributed by atoms with Gasteiger partial charge in [-0.15, -0.1) is 0 Å². The molecule has 1 amide bonds. The highest BCUT2D eigenvalue weighted by Crippen LogP contribution is 2.57. The lowest BCUT2D eigenvalue weighted by molar-refractivity contribution is -0.0532. The summed E-state index contributed by atoms with van der Waals surface area (Å²) in [5, 5.41) is 17.9. The van der Waals surface area contributed by atoms with Crippen LogP contribution in [0.4, 0.5) is 21.0 Å². The zero-order valence-corrected chi connectivity index (χ0v) is 21.5. The van der Waals surface area contributed by atoms with Gasteiger partial charge in [-0.2, -0.15) is 10.2 Å². The van der Waals surface area contributed by atoms with Crippen LogP contribution in [0, 0.1) is 19.8 Å². The molecular formula is C26H30FN9O2. The molecule has 3 atom stereocenters. The Hall–Kier alpha value is -3.96. The van der Waals surface area contributed by atoms with Gasteiger partial charge >= 0.3 is 6.09 Å². The fourth-order valence-corrected chi connectivity index (χ4v) is 6.45. The minimum atomic E-state index is -1.30. The maximum atomic E-state index is 15.3. The van der Waals surface area contributed by atoms with E-state index >= 15 is 4.39 Å². The Kier molecular flexibility index (Phi) is 5.04. The van der Waals surface area contributed by atoms with Gasteiger partial charge in [0.1, 0.15) is 12.3 Å². The van der Waals surface area contributed by atoms with Crippen molar-refractivity contribution in [3.8, 4) is 11.3 Å². The Morgan fingerprint density at radius 1 is 1.26 bits per heavy atom. The van der Waals surface area contributed by atoms with Crippen LogP contribution in [0.15, 0.2) is 24.7 Å². The molecule has 4 saturated carbocycles. The number of alkyl halides is 1. The molecule has 38 heavy (non-hydrogen) atoms. The molecule has 4 aliphatic carbocycles. The fourth-order valence-electron chi connectivity index (χ4n) is 6.45. The minimum Gasteiger partial charge on any atom is -0.443 e. The van der Waals surface area contributed by atoms with Crippen molar-refractivity contribution in [3.05, 3.63) is 41.6 Å². The number of fused-ring (bicyclic) bond motifs is 1. The number of nitrogens with zero attached hydrogens (tertiary/aromatic N) is 6. The van der Waals surface area contributed by atoms with E-state index in [9.17, 15) is 4.79 Å². The van der Waals surface area contributed by atoms with Crippen LogP contribution in [0.5, 0.6) is 0 Å². The second-order valence-corrected chi connectivity index (χ2v) is 11.1. The summed E-state index contributed by atoms with van der Waals surface area (Å²) in [6, 6.07) is 1.79. The van der Waals surface area contributed by atoms with Crippen LogP contribution in [0.1, 0.15) is 55.0 Å². The molecule has 4 aliphatic rings. The van der Waals surface area contributed by atoms with Gasteiger partial charge in [-0.1, -0.05) is 0 Å². The number of aryl methyl sites for hydroxylation is 3. The molecule has 0 unspecified atom stereocenters. The molecule has 4 aromatic heterocycles. The first-order valence-electron chi connectivity index (χ1n) is 13.1. The number of nitrogens with one attached hydrogen (secondary N) is 3. The summed E-state index contributed by atoms with van der Waals surface area (Å²) in [6.45, 7) is 3.95. The van der Waals surface area contributed by atoms with Gasteiger partial charge < -0.3 is 15.4 Å². The average molecular weight is 520 g/mol. The number of carbonyl (C=O) groups excluding carboxylic acids is 1. The van der Waals surface area contributed by atoms with E-state index in [1.54, 1.807) is 12.3 Å². The average Bonchev–Trinajstić information content (AvgIpc) is 3.61. The summed E-state index contributed by atoms with van der Waals surface area (Å²) in [5.41, 5.74) is 5.03. The summed E-state index contributed by atoms with van der Waals surface area (Å²) in [6.07, 6.45) is 6.92. The van der Waals surface area contributed by atoms with Crippen molar-refractivity contribution < 1.29 is 13.9 Å². The first kappa shape index (κ1) is 23.2. The minimum absolute atomic E-state index is 0.0860. The van der Waals surface area contributed by atoms with Crippen molar-refractivity contribution in [3.63, 3.8) is 0 Å². The van der Waals surface area contributed by atoms with E-state index in [1.807, 2.05) is 42.4 Å². The lowest BCUT2D eigenvalue weighted by Crippen LogP contribution is -2.68. The zero-order valence-electron chi connectivity index (χ0n) is 21.5. The molecule has 0 aromatic carbocycles. The third-order valence-corrected chi connectivity index (χ3v) is 8.49. The van der Waals surface area contributed by atoms with Crippen LogP contribution in [-0.4, -0.2) is 58.3 Å². The van der Waals surface area contributed by atoms with Gasteiger partial charge in [0.25, 0.3) is 0 Å². The number of anilines is 2. The molecule has 0 aliphatic heterocycles. The zero-order chi connectivity index (χ0) is 26.2. The second kappa shape index (κ2) is 8.27. The Balaban J connectivity index is 1.07. The van der Waals surface area contributed by atoms with E-state index in [2.05, 4.69) is 30.9 Å². The molecular weight excluding hydrogens is 489 g/mol. The molecule has 11 nitrogen and oxygen atoms in total. The fraction of sp³-hybridized carbons (Fsp3) is 0.500. The van der Waals surface area contributed by atoms with Crippen LogP contribution >= 0.6 is 0 Å². The van der Waals surface area contributed by atoms with Crippen molar-refractivity contribution in [2.24, 2.45) is 13.0 Å². The predicted octanol–water partition coefficient (Wildman–Crippen LogP) is 4.08. The number of hydrogen-bond donors (Lipinski definition) is 3. The van der Waals surface area contributed by atoms with Gasteiger partial charge in [0, 0.05) is 42.7 Å². The maximum Gasteiger partial charge on any atom is 0.407 e. The summed E-state index contributed by atoms with van der Waals surface area (Å²) < 4.78 is 24.5. The van der Waals surface area contributed by atoms with Crippen LogP contribution in [-0.2, 0) is 11.8 Å². The van der Waals surface area contributed by atoms with Crippen molar-refractivity contribution >= 4 is 23.5 Å². The number of H-pyrrole nitrogens is 1. The monoisotopic (exact) mass is 519 g/mol. The molecule has 4 aromatic rings. The molecule has 0 radical (unpaired) electrons. The lowest BCUT2D eigenvalue weighted by atomic mass is 9.50. The molecule has 12 heteroatoms. The third kappa shape index (κ3) is 3.57. The Morgan fingerprint density at radius 2 is 2.08 bits per heavy atom. The van der Waals surface area contributed by atoms with Gasteiger partial charge in [-0.05, 0) is 57.4 Å². The van der Waals surface area contributed by atoms with Gasteiger partial charge in [-0.25, -0.2) is 19.2 Å². The van der Waals surface area contributed by atoms with Gasteiger partial charge in [0.2, 0.25) is 5.95 Å². The first-order chi connectivity index (χ1) is 18.3. The molecule has 2 bridgehead atoms. The van der Waals surface area contributed by atoms with Crippen LogP contribution in [0.3, 0.4) is 0 Å². The molecule has 4 fully saturated rings. The lowest BCUT2D eigenvalue weighted by Gasteiger charge is -2.61. The van der Waals surface area contributed by atoms with Gasteiger partial charge in [0.15, 0.2) is 11.5 Å². The van der Waals surface area contributed by atoms with Gasteiger partial charge in [0.05, 0.1) is 23.1 Å². The first-order valence-corrected chi connectivity index (χ1v) is 13.1. The third-order valence-electron chi connectivity index (χ3n) is 8.49. The summed E-state index contributed by atoms with van der Waals surface area (Å²) in [5.74, 6) is 1.38. The summed E-state index contributed by atoms with van der Waals surface area (Å²) >= 11 is 0. The number of rotatable bonds is 6. The Bertz CT molecular complexity index is 1520. The number of amides is 1. The van der Waals surface area contributed by atoms with Crippen molar-refractivity contribution in [2.75, 3.05) is 5.32 Å². The SMILES string of the molecule is Cc1cnn(C)c1-c1c(C)nc(Nc2cc([C@@H]3CC[C@H](OC(=O)NC45CC(C4)C5)[C@H]3F)[nH]n2)n2ccnc12. The van der Waals surface area contributed by atoms with E-state index in [0.29, 0.717) is 30.3 Å². The van der Waals surface area contributed by atoms with E-state index < -0.39 is 24.3 Å². The summed E-state index contributed by atoms with van der Waals surface area (Å²) in [7, 11) is 1.90. The highest BCUT2D eigenvalue weighted by molar-refractivity contribution is 5.80. The Morgan fingerprint density at radius 3 is 2.79 bits per heavy atom. The van der Waals surface area contributed by atoms with Crippen molar-refractivity contribution in [1.82, 2.24) is 39.7 Å². The number of aromatic amines is 1. The molecule has 3 N–H and O–H groups in total. The smallest absolute Gasteiger partial charge is 0.407 e. The molecule has 198 valence electrons. The highest BCUT2D eigenvalue weighted by atomic mass is 19.1. The largest absolute Gasteiger partial charge is 0.443 e. The highest BCUT2D eigenvalue weighted by Gasteiger charge is 2.58.